The van der Waals surface area contributed by atoms with Gasteiger partial charge in [-0.1, -0.05) is 0 Å². The summed E-state index contributed by atoms with van der Waals surface area (Å²) in [4.78, 5) is 9.93. The largest absolute Gasteiger partial charge is 0.375 e. The molecule has 0 spiro atoms. The number of ether oxygens (including phenoxy) is 1. The van der Waals surface area contributed by atoms with Crippen LogP contribution in [-0.4, -0.2) is 24.8 Å². The van der Waals surface area contributed by atoms with Crippen LogP contribution in [0.25, 0.3) is 0 Å². The van der Waals surface area contributed by atoms with Gasteiger partial charge in [-0.2, -0.15) is 0 Å². The number of rotatable bonds is 2. The smallest absolute Gasteiger partial charge is 0.269 e. The van der Waals surface area contributed by atoms with Gasteiger partial charge in [0.2, 0.25) is 0 Å². The molecular formula is C3H7NO3. The van der Waals surface area contributed by atoms with E-state index in [0.717, 1.165) is 0 Å². The lowest BCUT2D eigenvalue weighted by Crippen LogP contribution is -2.22. The molecule has 7 heavy (non-hydrogen) atoms. The van der Waals surface area contributed by atoms with Gasteiger partial charge in [0.1, 0.15) is 6.61 Å². The van der Waals surface area contributed by atoms with Gasteiger partial charge >= 0.3 is 0 Å². The molecule has 0 aliphatic rings. The molecule has 0 aromatic carbocycles. The fourth-order valence-corrected chi connectivity index (χ4v) is 0.163. The molecule has 4 heteroatoms. The first-order valence-corrected chi connectivity index (χ1v) is 1.73. The van der Waals surface area contributed by atoms with Crippen molar-refractivity contribution < 1.29 is 14.7 Å². The Morgan fingerprint density at radius 1 is 2.00 bits per heavy atom. The van der Waals surface area contributed by atoms with E-state index in [1.165, 1.54) is 12.6 Å². The Morgan fingerprint density at radius 2 is 2.57 bits per heavy atom. The fraction of sp³-hybridized carbons (Fsp3) is 0.667. The highest BCUT2D eigenvalue weighted by Gasteiger charge is 1.91. The molecule has 1 amide bonds. The van der Waals surface area contributed by atoms with Gasteiger partial charge in [0.15, 0.2) is 0 Å². The van der Waals surface area contributed by atoms with E-state index < -0.39 is 5.91 Å². The molecule has 4 nitrogen and oxygen atoms in total. The summed E-state index contributed by atoms with van der Waals surface area (Å²) in [5, 5.41) is 7.79. The predicted octanol–water partition coefficient (Wildman–Crippen LogP) is -0.862. The summed E-state index contributed by atoms with van der Waals surface area (Å²) < 4.78 is 4.32. The van der Waals surface area contributed by atoms with Crippen molar-refractivity contribution in [3.05, 3.63) is 0 Å². The van der Waals surface area contributed by atoms with E-state index in [4.69, 9.17) is 5.21 Å². The fourth-order valence-electron chi connectivity index (χ4n) is 0.163. The molecule has 42 valence electrons. The van der Waals surface area contributed by atoms with Crippen molar-refractivity contribution >= 4 is 5.91 Å². The Balaban J connectivity index is 3.00. The van der Waals surface area contributed by atoms with E-state index >= 15 is 0 Å². The van der Waals surface area contributed by atoms with Gasteiger partial charge in [0.25, 0.3) is 5.91 Å². The Bertz CT molecular complexity index is 63.2. The summed E-state index contributed by atoms with van der Waals surface area (Å²) in [5.41, 5.74) is 1.40. The maximum Gasteiger partial charge on any atom is 0.269 e. The average molecular weight is 105 g/mol. The van der Waals surface area contributed by atoms with Gasteiger partial charge in [-0.3, -0.25) is 10.0 Å². The number of methoxy groups -OCH3 is 1. The Morgan fingerprint density at radius 3 is 2.71 bits per heavy atom. The second kappa shape index (κ2) is 3.58. The summed E-state index contributed by atoms with van der Waals surface area (Å²) in [6.07, 6.45) is 0. The summed E-state index contributed by atoms with van der Waals surface area (Å²) >= 11 is 0. The van der Waals surface area contributed by atoms with Crippen molar-refractivity contribution in [2.24, 2.45) is 0 Å². The van der Waals surface area contributed by atoms with Gasteiger partial charge in [-0.05, 0) is 0 Å². The molecule has 0 saturated heterocycles. The third kappa shape index (κ3) is 3.21. The Kier molecular flexibility index (Phi) is 3.26. The molecule has 0 aliphatic carbocycles. The third-order valence-corrected chi connectivity index (χ3v) is 0.400. The lowest BCUT2D eigenvalue weighted by molar-refractivity contribution is -0.132. The number of amides is 1. The Labute approximate surface area is 41.0 Å². The molecule has 0 fully saturated rings. The summed E-state index contributed by atoms with van der Waals surface area (Å²) in [6.45, 7) is -0.101. The van der Waals surface area contributed by atoms with Crippen molar-refractivity contribution in [1.29, 1.82) is 0 Å². The average Bonchev–Trinajstić information content (AvgIpc) is 1.68. The number of carbonyl (C=O) groups is 1. The SMILES string of the molecule is COCC(=O)NO. The van der Waals surface area contributed by atoms with Gasteiger partial charge in [-0.15, -0.1) is 0 Å². The van der Waals surface area contributed by atoms with E-state index in [0.29, 0.717) is 0 Å². The second-order valence-electron chi connectivity index (χ2n) is 0.968. The first kappa shape index (κ1) is 6.39. The molecule has 0 bridgehead atoms. The van der Waals surface area contributed by atoms with Gasteiger partial charge in [0.05, 0.1) is 0 Å². The Hall–Kier alpha value is -0.610. The maximum absolute atomic E-state index is 9.93. The van der Waals surface area contributed by atoms with Crippen molar-refractivity contribution in [3.8, 4) is 0 Å². The van der Waals surface area contributed by atoms with Gasteiger partial charge in [-0.25, -0.2) is 5.48 Å². The number of nitrogens with one attached hydrogen (secondary N) is 1. The van der Waals surface area contributed by atoms with Crippen LogP contribution in [0, 0.1) is 0 Å². The predicted molar refractivity (Wildman–Crippen MR) is 21.8 cm³/mol. The van der Waals surface area contributed by atoms with Crippen LogP contribution < -0.4 is 5.48 Å². The van der Waals surface area contributed by atoms with Crippen LogP contribution in [0.1, 0.15) is 0 Å². The molecule has 0 atom stereocenters. The van der Waals surface area contributed by atoms with Crippen LogP contribution in [-0.2, 0) is 9.53 Å². The lowest BCUT2D eigenvalue weighted by atomic mass is 10.7. The minimum atomic E-state index is -0.539. The maximum atomic E-state index is 9.93. The number of hydrogen-bond acceptors (Lipinski definition) is 3. The molecule has 0 aliphatic heterocycles. The molecular weight excluding hydrogens is 98.0 g/mol. The van der Waals surface area contributed by atoms with Crippen LogP contribution in [0.3, 0.4) is 0 Å². The molecule has 0 heterocycles. The standard InChI is InChI=1S/C3H7NO3/c1-7-2-3(5)4-6/h6H,2H2,1H3,(H,4,5). The number of hydrogen-bond donors (Lipinski definition) is 2. The zero-order valence-electron chi connectivity index (χ0n) is 3.97. The zero-order chi connectivity index (χ0) is 5.70. The van der Waals surface area contributed by atoms with Gasteiger partial charge < -0.3 is 4.74 Å². The molecule has 0 saturated carbocycles. The normalized spacial score (nSPS) is 8.29. The van der Waals surface area contributed by atoms with Crippen molar-refractivity contribution in [2.75, 3.05) is 13.7 Å². The summed E-state index contributed by atoms with van der Waals surface area (Å²) in [6, 6.07) is 0. The lowest BCUT2D eigenvalue weighted by Gasteiger charge is -1.91. The molecule has 0 rings (SSSR count). The minimum Gasteiger partial charge on any atom is -0.375 e. The third-order valence-electron chi connectivity index (χ3n) is 0.400. The van der Waals surface area contributed by atoms with Crippen molar-refractivity contribution in [2.45, 2.75) is 0 Å². The molecule has 0 aromatic rings. The summed E-state index contributed by atoms with van der Waals surface area (Å²) in [7, 11) is 1.37. The highest BCUT2D eigenvalue weighted by molar-refractivity contribution is 5.75. The first-order valence-electron chi connectivity index (χ1n) is 1.73. The topological polar surface area (TPSA) is 58.6 Å². The van der Waals surface area contributed by atoms with Crippen LogP contribution >= 0.6 is 0 Å². The second-order valence-corrected chi connectivity index (χ2v) is 0.968. The van der Waals surface area contributed by atoms with E-state index in [2.05, 4.69) is 4.74 Å². The van der Waals surface area contributed by atoms with E-state index in [9.17, 15) is 4.79 Å². The van der Waals surface area contributed by atoms with E-state index in [-0.39, 0.29) is 6.61 Å². The van der Waals surface area contributed by atoms with Crippen LogP contribution in [0.5, 0.6) is 0 Å². The highest BCUT2D eigenvalue weighted by Crippen LogP contribution is 1.62. The molecule has 0 aromatic heterocycles. The molecule has 2 N–H and O–H groups in total. The van der Waals surface area contributed by atoms with Crippen LogP contribution in [0.15, 0.2) is 0 Å². The highest BCUT2D eigenvalue weighted by atomic mass is 16.5. The van der Waals surface area contributed by atoms with E-state index in [1.54, 1.807) is 0 Å². The van der Waals surface area contributed by atoms with Crippen molar-refractivity contribution in [1.82, 2.24) is 5.48 Å². The quantitative estimate of drug-likeness (QED) is 0.355. The first-order chi connectivity index (χ1) is 3.31. The molecule has 0 radical (unpaired) electrons. The van der Waals surface area contributed by atoms with Crippen LogP contribution in [0.2, 0.25) is 0 Å². The zero-order valence-corrected chi connectivity index (χ0v) is 3.97. The summed E-state index contributed by atoms with van der Waals surface area (Å²) in [5.74, 6) is -0.539. The molecule has 0 unspecified atom stereocenters. The minimum absolute atomic E-state index is 0.101. The monoisotopic (exact) mass is 105 g/mol. The number of hydroxylamine groups is 1. The van der Waals surface area contributed by atoms with Crippen molar-refractivity contribution in [3.63, 3.8) is 0 Å². The van der Waals surface area contributed by atoms with Crippen LogP contribution in [0.4, 0.5) is 0 Å². The number of carbonyl (C=O) groups excluding carboxylic acids is 1. The van der Waals surface area contributed by atoms with E-state index in [1.807, 2.05) is 0 Å². The van der Waals surface area contributed by atoms with Gasteiger partial charge in [0, 0.05) is 7.11 Å².